The van der Waals surface area contributed by atoms with Crippen LogP contribution in [0.5, 0.6) is 0 Å². The Morgan fingerprint density at radius 2 is 1.94 bits per heavy atom. The summed E-state index contributed by atoms with van der Waals surface area (Å²) in [7, 11) is 0. The number of benzene rings is 1. The minimum absolute atomic E-state index is 0.323. The quantitative estimate of drug-likeness (QED) is 0.883. The molecule has 0 aliphatic rings. The molecule has 1 aromatic heterocycles. The van der Waals surface area contributed by atoms with Gasteiger partial charge in [0.2, 0.25) is 0 Å². The van der Waals surface area contributed by atoms with E-state index in [-0.39, 0.29) is 0 Å². The lowest BCUT2D eigenvalue weighted by molar-refractivity contribution is 0.509. The minimum atomic E-state index is -0.953. The Hall–Kier alpha value is -2.48. The van der Waals surface area contributed by atoms with E-state index in [1.807, 2.05) is 6.07 Å². The maximum Gasteiger partial charge on any atom is 0.160 e. The number of hydrogen-bond donors (Lipinski definition) is 1. The van der Waals surface area contributed by atoms with Gasteiger partial charge in [0.15, 0.2) is 11.6 Å². The van der Waals surface area contributed by atoms with Gasteiger partial charge in [-0.05, 0) is 31.2 Å². The highest BCUT2D eigenvalue weighted by Crippen LogP contribution is 2.20. The number of pyridine rings is 1. The summed E-state index contributed by atoms with van der Waals surface area (Å²) in [4.78, 5) is 4.14. The second-order valence-corrected chi connectivity index (χ2v) is 3.71. The van der Waals surface area contributed by atoms with Gasteiger partial charge in [0.1, 0.15) is 11.9 Å². The molecule has 1 heterocycles. The lowest BCUT2D eigenvalue weighted by Crippen LogP contribution is -1.99. The molecular formula is C13H9F2N3. The summed E-state index contributed by atoms with van der Waals surface area (Å²) in [5.41, 5.74) is 1.40. The van der Waals surface area contributed by atoms with E-state index in [4.69, 9.17) is 5.26 Å². The number of nitrogens with zero attached hydrogens (tertiary/aromatic N) is 2. The van der Waals surface area contributed by atoms with Crippen molar-refractivity contribution >= 4 is 11.5 Å². The Morgan fingerprint density at radius 1 is 1.17 bits per heavy atom. The smallest absolute Gasteiger partial charge is 0.160 e. The van der Waals surface area contributed by atoms with E-state index in [0.29, 0.717) is 17.1 Å². The number of nitrogens with one attached hydrogen (secondary N) is 1. The van der Waals surface area contributed by atoms with Gasteiger partial charge in [0, 0.05) is 17.4 Å². The van der Waals surface area contributed by atoms with Gasteiger partial charge in [-0.3, -0.25) is 0 Å². The maximum absolute atomic E-state index is 13.0. The van der Waals surface area contributed by atoms with Crippen molar-refractivity contribution in [3.8, 4) is 6.07 Å². The number of halogens is 2. The highest BCUT2D eigenvalue weighted by atomic mass is 19.2. The molecule has 5 heteroatoms. The summed E-state index contributed by atoms with van der Waals surface area (Å²) in [5, 5.41) is 11.7. The Morgan fingerprint density at radius 3 is 2.61 bits per heavy atom. The van der Waals surface area contributed by atoms with Crippen LogP contribution >= 0.6 is 0 Å². The van der Waals surface area contributed by atoms with Crippen molar-refractivity contribution in [3.63, 3.8) is 0 Å². The van der Waals surface area contributed by atoms with Crippen LogP contribution in [0, 0.1) is 29.9 Å². The largest absolute Gasteiger partial charge is 0.339 e. The Kier molecular flexibility index (Phi) is 3.20. The number of hydrogen-bond acceptors (Lipinski definition) is 3. The number of anilines is 2. The van der Waals surface area contributed by atoms with Gasteiger partial charge in [0.25, 0.3) is 0 Å². The summed E-state index contributed by atoms with van der Waals surface area (Å²) in [5.74, 6) is -1.55. The van der Waals surface area contributed by atoms with Crippen LogP contribution in [0.4, 0.5) is 20.3 Å². The number of aromatic nitrogens is 1. The lowest BCUT2D eigenvalue weighted by atomic mass is 10.2. The molecule has 3 nitrogen and oxygen atoms in total. The molecule has 1 N–H and O–H groups in total. The fraction of sp³-hybridized carbons (Fsp3) is 0.0769. The average molecular weight is 245 g/mol. The SMILES string of the molecule is Cc1ccc(C#N)c(Nc2ccc(F)c(F)c2)n1. The minimum Gasteiger partial charge on any atom is -0.339 e. The third kappa shape index (κ3) is 2.43. The van der Waals surface area contributed by atoms with Crippen LogP contribution in [0.15, 0.2) is 30.3 Å². The van der Waals surface area contributed by atoms with Gasteiger partial charge >= 0.3 is 0 Å². The number of rotatable bonds is 2. The maximum atomic E-state index is 13.0. The van der Waals surface area contributed by atoms with E-state index in [0.717, 1.165) is 17.8 Å². The second kappa shape index (κ2) is 4.80. The standard InChI is InChI=1S/C13H9F2N3/c1-8-2-3-9(7-16)13(17-8)18-10-4-5-11(14)12(15)6-10/h2-6H,1H3,(H,17,18). The Balaban J connectivity index is 2.36. The molecule has 0 aliphatic heterocycles. The van der Waals surface area contributed by atoms with E-state index in [2.05, 4.69) is 10.3 Å². The van der Waals surface area contributed by atoms with Crippen molar-refractivity contribution in [3.05, 3.63) is 53.2 Å². The fourth-order valence-electron chi connectivity index (χ4n) is 1.45. The highest BCUT2D eigenvalue weighted by Gasteiger charge is 2.07. The zero-order valence-electron chi connectivity index (χ0n) is 9.54. The second-order valence-electron chi connectivity index (χ2n) is 3.71. The third-order valence-corrected chi connectivity index (χ3v) is 2.34. The van der Waals surface area contributed by atoms with Crippen LogP contribution in [-0.4, -0.2) is 4.98 Å². The van der Waals surface area contributed by atoms with Crippen LogP contribution in [0.1, 0.15) is 11.3 Å². The number of aryl methyl sites for hydroxylation is 1. The summed E-state index contributed by atoms with van der Waals surface area (Å²) >= 11 is 0. The summed E-state index contributed by atoms with van der Waals surface area (Å²) in [6, 6.07) is 8.70. The van der Waals surface area contributed by atoms with E-state index in [9.17, 15) is 8.78 Å². The Labute approximate surface area is 103 Å². The fourth-order valence-corrected chi connectivity index (χ4v) is 1.45. The average Bonchev–Trinajstić information content (AvgIpc) is 2.34. The molecule has 0 spiro atoms. The van der Waals surface area contributed by atoms with Crippen molar-refractivity contribution in [2.75, 3.05) is 5.32 Å². The zero-order valence-corrected chi connectivity index (χ0v) is 9.54. The van der Waals surface area contributed by atoms with Crippen molar-refractivity contribution in [1.82, 2.24) is 4.98 Å². The molecule has 0 bridgehead atoms. The first-order chi connectivity index (χ1) is 8.60. The van der Waals surface area contributed by atoms with Crippen LogP contribution in [-0.2, 0) is 0 Å². The van der Waals surface area contributed by atoms with Crippen LogP contribution in [0.3, 0.4) is 0 Å². The Bertz CT molecular complexity index is 633. The van der Waals surface area contributed by atoms with Gasteiger partial charge in [-0.25, -0.2) is 13.8 Å². The first-order valence-electron chi connectivity index (χ1n) is 5.20. The zero-order chi connectivity index (χ0) is 13.1. The van der Waals surface area contributed by atoms with E-state index in [1.54, 1.807) is 19.1 Å². The highest BCUT2D eigenvalue weighted by molar-refractivity contribution is 5.62. The van der Waals surface area contributed by atoms with Gasteiger partial charge in [-0.2, -0.15) is 5.26 Å². The molecule has 0 radical (unpaired) electrons. The van der Waals surface area contributed by atoms with Gasteiger partial charge in [-0.1, -0.05) is 0 Å². The molecule has 0 atom stereocenters. The summed E-state index contributed by atoms with van der Waals surface area (Å²) < 4.78 is 25.8. The van der Waals surface area contributed by atoms with Crippen molar-refractivity contribution in [1.29, 1.82) is 5.26 Å². The van der Waals surface area contributed by atoms with Gasteiger partial charge in [-0.15, -0.1) is 0 Å². The van der Waals surface area contributed by atoms with Crippen molar-refractivity contribution < 1.29 is 8.78 Å². The van der Waals surface area contributed by atoms with Crippen LogP contribution < -0.4 is 5.32 Å². The molecule has 2 rings (SSSR count). The molecule has 0 aliphatic carbocycles. The molecule has 90 valence electrons. The molecular weight excluding hydrogens is 236 g/mol. The normalized spacial score (nSPS) is 9.89. The monoisotopic (exact) mass is 245 g/mol. The molecule has 0 unspecified atom stereocenters. The topological polar surface area (TPSA) is 48.7 Å². The van der Waals surface area contributed by atoms with Gasteiger partial charge < -0.3 is 5.32 Å². The van der Waals surface area contributed by atoms with E-state index < -0.39 is 11.6 Å². The van der Waals surface area contributed by atoms with Gasteiger partial charge in [0.05, 0.1) is 5.56 Å². The molecule has 0 fully saturated rings. The third-order valence-electron chi connectivity index (χ3n) is 2.34. The lowest BCUT2D eigenvalue weighted by Gasteiger charge is -2.08. The van der Waals surface area contributed by atoms with Crippen LogP contribution in [0.2, 0.25) is 0 Å². The molecule has 0 saturated carbocycles. The first-order valence-corrected chi connectivity index (χ1v) is 5.20. The predicted molar refractivity (Wildman–Crippen MR) is 63.3 cm³/mol. The first kappa shape index (κ1) is 12.0. The molecule has 2 aromatic rings. The van der Waals surface area contributed by atoms with E-state index >= 15 is 0 Å². The predicted octanol–water partition coefficient (Wildman–Crippen LogP) is 3.28. The number of nitriles is 1. The molecule has 0 amide bonds. The van der Waals surface area contributed by atoms with E-state index in [1.165, 1.54) is 6.07 Å². The van der Waals surface area contributed by atoms with Crippen molar-refractivity contribution in [2.24, 2.45) is 0 Å². The molecule has 0 saturated heterocycles. The van der Waals surface area contributed by atoms with Crippen molar-refractivity contribution in [2.45, 2.75) is 6.92 Å². The summed E-state index contributed by atoms with van der Waals surface area (Å²) in [6.07, 6.45) is 0. The molecule has 1 aromatic carbocycles. The summed E-state index contributed by atoms with van der Waals surface area (Å²) in [6.45, 7) is 1.78. The molecule has 18 heavy (non-hydrogen) atoms. The van der Waals surface area contributed by atoms with Crippen LogP contribution in [0.25, 0.3) is 0 Å².